The van der Waals surface area contributed by atoms with Gasteiger partial charge >= 0.3 is 13.9 Å². The molecular formula is C2H9N2O7PS. The van der Waals surface area contributed by atoms with Gasteiger partial charge in [-0.3, -0.25) is 4.79 Å². The molecule has 0 unspecified atom stereocenters. The van der Waals surface area contributed by atoms with E-state index in [1.54, 1.807) is 0 Å². The molecule has 80 valence electrons. The highest BCUT2D eigenvalue weighted by atomic mass is 32.1. The minimum atomic E-state index is -4.64. The van der Waals surface area contributed by atoms with Crippen molar-refractivity contribution in [1.82, 2.24) is 0 Å². The molecule has 13 heavy (non-hydrogen) atoms. The number of phosphoric acid groups is 1. The Bertz CT molecular complexity index is 172. The largest absolute Gasteiger partial charge is 0.466 e. The van der Waals surface area contributed by atoms with E-state index in [1.807, 2.05) is 0 Å². The summed E-state index contributed by atoms with van der Waals surface area (Å²) in [5.41, 5.74) is 8.36. The van der Waals surface area contributed by atoms with Crippen molar-refractivity contribution in [2.24, 2.45) is 11.5 Å². The first kappa shape index (κ1) is 18.1. The highest BCUT2D eigenvalue weighted by Crippen LogP contribution is 2.25. The Labute approximate surface area is 78.0 Å². The van der Waals surface area contributed by atoms with Gasteiger partial charge in [-0.1, -0.05) is 12.6 Å². The highest BCUT2D eigenvalue weighted by Gasteiger charge is 2.00. The molecule has 11 heteroatoms. The van der Waals surface area contributed by atoms with Crippen molar-refractivity contribution >= 4 is 31.8 Å². The maximum Gasteiger partial charge on any atom is 0.466 e. The second-order valence-corrected chi connectivity index (χ2v) is 2.66. The number of nitrogens with two attached hydrogens (primary N) is 2. The molecule has 0 saturated heterocycles. The van der Waals surface area contributed by atoms with Gasteiger partial charge in [0.25, 0.3) is 5.24 Å². The molecule has 0 aliphatic rings. The summed E-state index contributed by atoms with van der Waals surface area (Å²) in [5, 5.41) is 6.56. The normalized spacial score (nSPS) is 8.31. The molecule has 0 saturated carbocycles. The Kier molecular flexibility index (Phi) is 12.9. The predicted octanol–water partition coefficient (Wildman–Crippen LogP) is -1.31. The molecule has 0 spiro atoms. The van der Waals surface area contributed by atoms with Gasteiger partial charge in [-0.25, -0.2) is 9.36 Å². The maximum atomic E-state index is 9.09. The van der Waals surface area contributed by atoms with Crippen molar-refractivity contribution < 1.29 is 33.9 Å². The van der Waals surface area contributed by atoms with Gasteiger partial charge in [0.2, 0.25) is 0 Å². The lowest BCUT2D eigenvalue weighted by molar-refractivity contribution is 0.205. The van der Waals surface area contributed by atoms with Crippen LogP contribution in [0, 0.1) is 0 Å². The van der Waals surface area contributed by atoms with Crippen molar-refractivity contribution in [3.63, 3.8) is 0 Å². The fourth-order valence-electron chi connectivity index (χ4n) is 0. The third kappa shape index (κ3) is 1480. The van der Waals surface area contributed by atoms with Crippen molar-refractivity contribution in [2.75, 3.05) is 0 Å². The van der Waals surface area contributed by atoms with E-state index in [-0.39, 0.29) is 0 Å². The maximum absolute atomic E-state index is 9.09. The molecule has 0 aromatic heterocycles. The van der Waals surface area contributed by atoms with E-state index in [2.05, 4.69) is 24.1 Å². The van der Waals surface area contributed by atoms with Crippen LogP contribution in [-0.2, 0) is 4.57 Å². The van der Waals surface area contributed by atoms with Gasteiger partial charge in [-0.05, 0) is 0 Å². The Morgan fingerprint density at radius 1 is 1.15 bits per heavy atom. The van der Waals surface area contributed by atoms with Crippen LogP contribution < -0.4 is 11.5 Å². The van der Waals surface area contributed by atoms with E-state index in [4.69, 9.17) is 33.9 Å². The minimum absolute atomic E-state index is 0.639. The summed E-state index contributed by atoms with van der Waals surface area (Å²) in [5.74, 6) is 0. The Morgan fingerprint density at radius 2 is 1.15 bits per heavy atom. The van der Waals surface area contributed by atoms with Gasteiger partial charge in [-0.2, -0.15) is 0 Å². The number of carboxylic acid groups (broad SMARTS) is 1. The summed E-state index contributed by atoms with van der Waals surface area (Å²) >= 11 is 3.10. The molecule has 9 nitrogen and oxygen atoms in total. The average molecular weight is 236 g/mol. The number of carbonyl (C=O) groups excluding carboxylic acids is 1. The molecule has 0 rings (SSSR count). The molecule has 0 bridgehead atoms. The van der Waals surface area contributed by atoms with Gasteiger partial charge < -0.3 is 31.3 Å². The quantitative estimate of drug-likeness (QED) is 0.201. The van der Waals surface area contributed by atoms with E-state index in [1.165, 1.54) is 0 Å². The third-order valence-corrected chi connectivity index (χ3v) is 0. The zero-order valence-electron chi connectivity index (χ0n) is 6.06. The van der Waals surface area contributed by atoms with Gasteiger partial charge in [0.1, 0.15) is 0 Å². The van der Waals surface area contributed by atoms with Crippen LogP contribution in [0.5, 0.6) is 0 Å². The third-order valence-electron chi connectivity index (χ3n) is 0. The van der Waals surface area contributed by atoms with E-state index in [0.29, 0.717) is 0 Å². The van der Waals surface area contributed by atoms with Gasteiger partial charge in [0.05, 0.1) is 0 Å². The van der Waals surface area contributed by atoms with Crippen LogP contribution in [0.25, 0.3) is 0 Å². The smallest absolute Gasteiger partial charge is 0.465 e. The molecule has 2 amide bonds. The molecular weight excluding hydrogens is 227 g/mol. The first-order valence-electron chi connectivity index (χ1n) is 2.22. The van der Waals surface area contributed by atoms with Crippen molar-refractivity contribution in [2.45, 2.75) is 0 Å². The first-order chi connectivity index (χ1) is 5.46. The van der Waals surface area contributed by atoms with Gasteiger partial charge in [-0.15, -0.1) is 0 Å². The number of amides is 2. The number of primary amides is 2. The fraction of sp³-hybridized carbons (Fsp3) is 0. The summed E-state index contributed by atoms with van der Waals surface area (Å²) in [6.45, 7) is 0. The fourth-order valence-corrected chi connectivity index (χ4v) is 0. The van der Waals surface area contributed by atoms with Crippen LogP contribution in [0.15, 0.2) is 0 Å². The lowest BCUT2D eigenvalue weighted by Crippen LogP contribution is -2.03. The predicted molar refractivity (Wildman–Crippen MR) is 45.0 cm³/mol. The summed E-state index contributed by atoms with van der Waals surface area (Å²) in [7, 11) is -4.64. The molecule has 0 fully saturated rings. The summed E-state index contributed by atoms with van der Waals surface area (Å²) < 4.78 is 8.88. The molecule has 0 atom stereocenters. The zero-order chi connectivity index (χ0) is 11.7. The molecule has 0 aromatic rings. The standard InChI is InChI=1S/CH3NO2.CH3NOS.H3O4P/c2*2-1(3)4;1-5(2,3)4/h2H2,(H,3,4);(H3,2,3,4);(H3,1,2,3,4). The highest BCUT2D eigenvalue weighted by molar-refractivity contribution is 7.96. The topological polar surface area (TPSA) is 184 Å². The van der Waals surface area contributed by atoms with Crippen LogP contribution in [0.1, 0.15) is 0 Å². The van der Waals surface area contributed by atoms with Crippen molar-refractivity contribution in [3.05, 3.63) is 0 Å². The second-order valence-electron chi connectivity index (χ2n) is 1.19. The van der Waals surface area contributed by atoms with Crippen LogP contribution in [0.4, 0.5) is 9.59 Å². The summed E-state index contributed by atoms with van der Waals surface area (Å²) in [6, 6.07) is 0. The zero-order valence-corrected chi connectivity index (χ0v) is 7.85. The number of hydrogen-bond acceptors (Lipinski definition) is 3. The summed E-state index contributed by atoms with van der Waals surface area (Å²) in [6.07, 6.45) is -1.33. The lowest BCUT2D eigenvalue weighted by atomic mass is 11.3. The Hall–Kier alpha value is -0.800. The van der Waals surface area contributed by atoms with Crippen LogP contribution in [0.2, 0.25) is 0 Å². The van der Waals surface area contributed by atoms with Gasteiger partial charge in [0, 0.05) is 0 Å². The Balaban J connectivity index is -0.000000117. The SMILES string of the molecule is NC(=O)O.NC(=O)S.O=P(O)(O)O. The van der Waals surface area contributed by atoms with Crippen molar-refractivity contribution in [3.8, 4) is 0 Å². The molecule has 8 N–H and O–H groups in total. The number of carbonyl (C=O) groups is 2. The summed E-state index contributed by atoms with van der Waals surface area (Å²) in [4.78, 5) is 39.4. The van der Waals surface area contributed by atoms with Crippen LogP contribution in [0.3, 0.4) is 0 Å². The Morgan fingerprint density at radius 3 is 1.15 bits per heavy atom. The number of thiol groups is 1. The van der Waals surface area contributed by atoms with E-state index < -0.39 is 19.2 Å². The number of rotatable bonds is 0. The molecule has 0 heterocycles. The van der Waals surface area contributed by atoms with E-state index >= 15 is 0 Å². The molecule has 0 radical (unpaired) electrons. The molecule has 0 aliphatic carbocycles. The molecule has 0 aromatic carbocycles. The second kappa shape index (κ2) is 9.29. The van der Waals surface area contributed by atoms with Crippen LogP contribution in [-0.4, -0.2) is 31.1 Å². The minimum Gasteiger partial charge on any atom is -0.465 e. The van der Waals surface area contributed by atoms with E-state index in [9.17, 15) is 0 Å². The lowest BCUT2D eigenvalue weighted by Gasteiger charge is -1.82. The van der Waals surface area contributed by atoms with E-state index in [0.717, 1.165) is 0 Å². The molecule has 0 aliphatic heterocycles. The first-order valence-corrected chi connectivity index (χ1v) is 4.23. The number of hydrogen-bond donors (Lipinski definition) is 7. The van der Waals surface area contributed by atoms with Crippen LogP contribution >= 0.6 is 20.5 Å². The monoisotopic (exact) mass is 236 g/mol. The van der Waals surface area contributed by atoms with Crippen molar-refractivity contribution in [1.29, 1.82) is 0 Å². The average Bonchev–Trinajstić information content (AvgIpc) is 1.50. The van der Waals surface area contributed by atoms with Gasteiger partial charge in [0.15, 0.2) is 0 Å².